The summed E-state index contributed by atoms with van der Waals surface area (Å²) in [5.41, 5.74) is 8.16. The summed E-state index contributed by atoms with van der Waals surface area (Å²) < 4.78 is 5.10. The van der Waals surface area contributed by atoms with Gasteiger partial charge in [0.25, 0.3) is 0 Å². The summed E-state index contributed by atoms with van der Waals surface area (Å²) in [7, 11) is 2.03. The molecule has 0 saturated carbocycles. The molecule has 0 saturated heterocycles. The van der Waals surface area contributed by atoms with Crippen molar-refractivity contribution in [2.24, 2.45) is 5.73 Å². The highest BCUT2D eigenvalue weighted by atomic mass is 35.5. The highest BCUT2D eigenvalue weighted by Crippen LogP contribution is 2.26. The van der Waals surface area contributed by atoms with Crippen LogP contribution in [0.1, 0.15) is 30.0 Å². The van der Waals surface area contributed by atoms with Gasteiger partial charge in [0.2, 0.25) is 0 Å². The number of halogens is 1. The zero-order valence-corrected chi connectivity index (χ0v) is 12.8. The van der Waals surface area contributed by atoms with Crippen LogP contribution in [-0.4, -0.2) is 23.1 Å². The molecule has 1 heterocycles. The van der Waals surface area contributed by atoms with Gasteiger partial charge < -0.3 is 10.3 Å². The van der Waals surface area contributed by atoms with Crippen molar-refractivity contribution in [1.29, 1.82) is 0 Å². The number of likely N-dealkylation sites (N-methyl/N-ethyl adjacent to an activating group) is 1. The van der Waals surface area contributed by atoms with Crippen molar-refractivity contribution >= 4 is 11.6 Å². The first-order chi connectivity index (χ1) is 9.47. The van der Waals surface area contributed by atoms with E-state index in [1.807, 2.05) is 51.2 Å². The van der Waals surface area contributed by atoms with Gasteiger partial charge in [0.15, 0.2) is 0 Å². The summed E-state index contributed by atoms with van der Waals surface area (Å²) in [6.07, 6.45) is 0. The molecule has 1 aromatic carbocycles. The Morgan fingerprint density at radius 1 is 1.40 bits per heavy atom. The highest BCUT2D eigenvalue weighted by molar-refractivity contribution is 6.30. The molecule has 0 fully saturated rings. The van der Waals surface area contributed by atoms with Crippen molar-refractivity contribution in [2.45, 2.75) is 32.5 Å². The van der Waals surface area contributed by atoms with Crippen molar-refractivity contribution in [1.82, 2.24) is 10.1 Å². The van der Waals surface area contributed by atoms with Gasteiger partial charge in [0.05, 0.1) is 5.69 Å². The fourth-order valence-electron chi connectivity index (χ4n) is 2.50. The average molecular weight is 294 g/mol. The number of hydrogen-bond acceptors (Lipinski definition) is 4. The van der Waals surface area contributed by atoms with Crippen LogP contribution in [0.15, 0.2) is 34.9 Å². The molecule has 0 spiro atoms. The predicted octanol–water partition coefficient (Wildman–Crippen LogP) is 3.16. The molecule has 0 aliphatic heterocycles. The second kappa shape index (κ2) is 6.39. The van der Waals surface area contributed by atoms with Gasteiger partial charge in [-0.3, -0.25) is 4.90 Å². The number of aromatic nitrogens is 1. The van der Waals surface area contributed by atoms with Crippen LogP contribution in [0.4, 0.5) is 0 Å². The third kappa shape index (κ3) is 3.60. The van der Waals surface area contributed by atoms with Gasteiger partial charge >= 0.3 is 0 Å². The van der Waals surface area contributed by atoms with Crippen LogP contribution >= 0.6 is 11.6 Å². The molecule has 0 bridgehead atoms. The number of rotatable bonds is 5. The Labute approximate surface area is 124 Å². The van der Waals surface area contributed by atoms with Crippen molar-refractivity contribution in [2.75, 3.05) is 7.05 Å². The standard InChI is InChI=1S/C15H20ClN3O/c1-10-7-14(18-20-10)9-19(3)15(11(2)17)12-5-4-6-13(16)8-12/h4-8,11,15H,9,17H2,1-3H3. The number of hydrogen-bond donors (Lipinski definition) is 1. The van der Waals surface area contributed by atoms with Crippen LogP contribution in [-0.2, 0) is 6.54 Å². The van der Waals surface area contributed by atoms with Gasteiger partial charge in [0, 0.05) is 29.7 Å². The average Bonchev–Trinajstić information content (AvgIpc) is 2.74. The second-order valence-corrected chi connectivity index (χ2v) is 5.64. The second-order valence-electron chi connectivity index (χ2n) is 5.20. The topological polar surface area (TPSA) is 55.3 Å². The summed E-state index contributed by atoms with van der Waals surface area (Å²) in [6.45, 7) is 4.56. The zero-order valence-electron chi connectivity index (χ0n) is 12.0. The summed E-state index contributed by atoms with van der Waals surface area (Å²) in [4.78, 5) is 2.16. The minimum Gasteiger partial charge on any atom is -0.361 e. The Balaban J connectivity index is 2.20. The normalized spacial score (nSPS) is 14.5. The molecule has 0 aliphatic rings. The maximum Gasteiger partial charge on any atom is 0.133 e. The Hall–Kier alpha value is -1.36. The predicted molar refractivity (Wildman–Crippen MR) is 80.5 cm³/mol. The van der Waals surface area contributed by atoms with Crippen LogP contribution in [0, 0.1) is 6.92 Å². The van der Waals surface area contributed by atoms with Gasteiger partial charge in [0.1, 0.15) is 5.76 Å². The first-order valence-corrected chi connectivity index (χ1v) is 6.98. The molecular formula is C15H20ClN3O. The molecule has 2 unspecified atom stereocenters. The fourth-order valence-corrected chi connectivity index (χ4v) is 2.70. The van der Waals surface area contributed by atoms with Crippen molar-refractivity contribution in [3.8, 4) is 0 Å². The molecule has 2 N–H and O–H groups in total. The molecule has 0 radical (unpaired) electrons. The SMILES string of the molecule is Cc1cc(CN(C)C(c2cccc(Cl)c2)C(C)N)no1. The number of aryl methyl sites for hydroxylation is 1. The lowest BCUT2D eigenvalue weighted by Gasteiger charge is -2.31. The molecule has 5 heteroatoms. The van der Waals surface area contributed by atoms with E-state index in [1.54, 1.807) is 0 Å². The van der Waals surface area contributed by atoms with E-state index in [1.165, 1.54) is 0 Å². The van der Waals surface area contributed by atoms with Gasteiger partial charge in [-0.1, -0.05) is 28.9 Å². The third-order valence-electron chi connectivity index (χ3n) is 3.25. The molecule has 2 rings (SSSR count). The Bertz CT molecular complexity index is 568. The van der Waals surface area contributed by atoms with Crippen LogP contribution in [0.2, 0.25) is 5.02 Å². The number of nitrogens with two attached hydrogens (primary N) is 1. The van der Waals surface area contributed by atoms with E-state index >= 15 is 0 Å². The largest absolute Gasteiger partial charge is 0.361 e. The van der Waals surface area contributed by atoms with E-state index in [0.717, 1.165) is 22.0 Å². The molecule has 4 nitrogen and oxygen atoms in total. The lowest BCUT2D eigenvalue weighted by Crippen LogP contribution is -2.37. The Morgan fingerprint density at radius 3 is 2.70 bits per heavy atom. The first kappa shape index (κ1) is 15.0. The van der Waals surface area contributed by atoms with Gasteiger partial charge in [-0.2, -0.15) is 0 Å². The van der Waals surface area contributed by atoms with E-state index in [-0.39, 0.29) is 12.1 Å². The Morgan fingerprint density at radius 2 is 2.15 bits per heavy atom. The molecule has 0 aliphatic carbocycles. The lowest BCUT2D eigenvalue weighted by atomic mass is 9.99. The maximum absolute atomic E-state index is 6.15. The summed E-state index contributed by atoms with van der Waals surface area (Å²) >= 11 is 6.08. The van der Waals surface area contributed by atoms with E-state index in [9.17, 15) is 0 Å². The number of nitrogens with zero attached hydrogens (tertiary/aromatic N) is 2. The molecule has 2 aromatic rings. The molecule has 1 aromatic heterocycles. The van der Waals surface area contributed by atoms with Gasteiger partial charge in [-0.05, 0) is 38.6 Å². The van der Waals surface area contributed by atoms with Gasteiger partial charge in [-0.25, -0.2) is 0 Å². The smallest absolute Gasteiger partial charge is 0.133 e. The quantitative estimate of drug-likeness (QED) is 0.920. The van der Waals surface area contributed by atoms with Crippen LogP contribution in [0.3, 0.4) is 0 Å². The van der Waals surface area contributed by atoms with Crippen molar-refractivity contribution < 1.29 is 4.52 Å². The van der Waals surface area contributed by atoms with E-state index < -0.39 is 0 Å². The molecule has 2 atom stereocenters. The fraction of sp³-hybridized carbons (Fsp3) is 0.400. The number of benzene rings is 1. The third-order valence-corrected chi connectivity index (χ3v) is 3.49. The molecular weight excluding hydrogens is 274 g/mol. The van der Waals surface area contributed by atoms with Crippen LogP contribution in [0.5, 0.6) is 0 Å². The monoisotopic (exact) mass is 293 g/mol. The first-order valence-electron chi connectivity index (χ1n) is 6.61. The van der Waals surface area contributed by atoms with E-state index in [4.69, 9.17) is 21.9 Å². The van der Waals surface area contributed by atoms with Gasteiger partial charge in [-0.15, -0.1) is 0 Å². The van der Waals surface area contributed by atoms with Crippen molar-refractivity contribution in [3.63, 3.8) is 0 Å². The van der Waals surface area contributed by atoms with E-state index in [0.29, 0.717) is 6.54 Å². The van der Waals surface area contributed by atoms with Crippen LogP contribution < -0.4 is 5.73 Å². The molecule has 108 valence electrons. The summed E-state index contributed by atoms with van der Waals surface area (Å²) in [5, 5.41) is 4.75. The van der Waals surface area contributed by atoms with Crippen molar-refractivity contribution in [3.05, 3.63) is 52.4 Å². The maximum atomic E-state index is 6.15. The Kier molecular flexibility index (Phi) is 4.81. The minimum absolute atomic E-state index is 0.0218. The molecule has 20 heavy (non-hydrogen) atoms. The summed E-state index contributed by atoms with van der Waals surface area (Å²) in [6, 6.07) is 9.81. The summed E-state index contributed by atoms with van der Waals surface area (Å²) in [5.74, 6) is 0.813. The van der Waals surface area contributed by atoms with Crippen LogP contribution in [0.25, 0.3) is 0 Å². The highest BCUT2D eigenvalue weighted by Gasteiger charge is 2.22. The van der Waals surface area contributed by atoms with E-state index in [2.05, 4.69) is 10.1 Å². The lowest BCUT2D eigenvalue weighted by molar-refractivity contribution is 0.205. The minimum atomic E-state index is -0.0218. The molecule has 0 amide bonds. The zero-order chi connectivity index (χ0) is 14.7.